The zero-order chi connectivity index (χ0) is 16.1. The van der Waals surface area contributed by atoms with Gasteiger partial charge in [0.1, 0.15) is 6.10 Å². The van der Waals surface area contributed by atoms with Crippen molar-refractivity contribution in [2.24, 2.45) is 0 Å². The van der Waals surface area contributed by atoms with Crippen molar-refractivity contribution in [1.82, 2.24) is 0 Å². The fourth-order valence-electron chi connectivity index (χ4n) is 3.03. The van der Waals surface area contributed by atoms with Crippen LogP contribution in [0.2, 0.25) is 0 Å². The summed E-state index contributed by atoms with van der Waals surface area (Å²) in [6.45, 7) is 0. The predicted molar refractivity (Wildman–Crippen MR) is 85.7 cm³/mol. The SMILES string of the molecule is COc1cc2c(s1)-c1ccccc1C(O)c1ccc(F)c(F)c1-2. The second-order valence-electron chi connectivity index (χ2n) is 5.33. The van der Waals surface area contributed by atoms with Crippen LogP contribution in [0.25, 0.3) is 21.6 Å². The van der Waals surface area contributed by atoms with Gasteiger partial charge < -0.3 is 9.84 Å². The van der Waals surface area contributed by atoms with Crippen molar-refractivity contribution < 1.29 is 18.6 Å². The average molecular weight is 330 g/mol. The summed E-state index contributed by atoms with van der Waals surface area (Å²) in [6.07, 6.45) is -1.01. The van der Waals surface area contributed by atoms with Crippen LogP contribution in [0, 0.1) is 11.6 Å². The van der Waals surface area contributed by atoms with Crippen LogP contribution < -0.4 is 4.74 Å². The molecule has 1 N–H and O–H groups in total. The minimum atomic E-state index is -1.01. The Morgan fingerprint density at radius 1 is 1.04 bits per heavy atom. The minimum absolute atomic E-state index is 0.100. The molecule has 5 heteroatoms. The Morgan fingerprint density at radius 2 is 1.83 bits per heavy atom. The summed E-state index contributed by atoms with van der Waals surface area (Å²) in [7, 11) is 1.54. The quantitative estimate of drug-likeness (QED) is 0.697. The van der Waals surface area contributed by atoms with Gasteiger partial charge >= 0.3 is 0 Å². The van der Waals surface area contributed by atoms with Gasteiger partial charge in [0, 0.05) is 22.1 Å². The van der Waals surface area contributed by atoms with Crippen molar-refractivity contribution in [3.05, 3.63) is 65.2 Å². The molecule has 23 heavy (non-hydrogen) atoms. The molecule has 0 fully saturated rings. The molecule has 0 spiro atoms. The number of thiophene rings is 1. The number of rotatable bonds is 1. The third-order valence-corrected chi connectivity index (χ3v) is 5.23. The van der Waals surface area contributed by atoms with E-state index >= 15 is 0 Å². The molecule has 0 bridgehead atoms. The van der Waals surface area contributed by atoms with Crippen LogP contribution >= 0.6 is 11.3 Å². The topological polar surface area (TPSA) is 29.5 Å². The highest BCUT2D eigenvalue weighted by atomic mass is 32.1. The van der Waals surface area contributed by atoms with Gasteiger partial charge in [0.15, 0.2) is 16.7 Å². The highest BCUT2D eigenvalue weighted by Crippen LogP contribution is 2.51. The number of methoxy groups -OCH3 is 1. The van der Waals surface area contributed by atoms with E-state index in [1.165, 1.54) is 24.5 Å². The van der Waals surface area contributed by atoms with Crippen molar-refractivity contribution in [2.45, 2.75) is 6.10 Å². The number of aliphatic hydroxyl groups is 1. The first-order chi connectivity index (χ1) is 11.1. The summed E-state index contributed by atoms with van der Waals surface area (Å²) < 4.78 is 33.6. The second kappa shape index (κ2) is 5.15. The zero-order valence-electron chi connectivity index (χ0n) is 12.1. The van der Waals surface area contributed by atoms with Crippen molar-refractivity contribution in [2.75, 3.05) is 7.11 Å². The third kappa shape index (κ3) is 2.00. The lowest BCUT2D eigenvalue weighted by molar-refractivity contribution is 0.221. The average Bonchev–Trinajstić information content (AvgIpc) is 2.96. The summed E-state index contributed by atoms with van der Waals surface area (Å²) in [6, 6.07) is 11.5. The number of hydrogen-bond acceptors (Lipinski definition) is 3. The van der Waals surface area contributed by atoms with Crippen molar-refractivity contribution in [1.29, 1.82) is 0 Å². The van der Waals surface area contributed by atoms with E-state index < -0.39 is 17.7 Å². The number of benzene rings is 2. The van der Waals surface area contributed by atoms with Crippen LogP contribution in [0.1, 0.15) is 17.2 Å². The van der Waals surface area contributed by atoms with E-state index in [4.69, 9.17) is 4.74 Å². The molecule has 1 unspecified atom stereocenters. The lowest BCUT2D eigenvalue weighted by Gasteiger charge is -2.15. The summed E-state index contributed by atoms with van der Waals surface area (Å²) >= 11 is 1.35. The Morgan fingerprint density at radius 3 is 2.61 bits per heavy atom. The molecule has 1 aliphatic carbocycles. The molecular weight excluding hydrogens is 318 g/mol. The van der Waals surface area contributed by atoms with E-state index in [1.807, 2.05) is 18.2 Å². The molecule has 0 amide bonds. The Hall–Kier alpha value is -2.24. The van der Waals surface area contributed by atoms with Gasteiger partial charge in [0.2, 0.25) is 0 Å². The van der Waals surface area contributed by atoms with E-state index in [0.29, 0.717) is 21.8 Å². The van der Waals surface area contributed by atoms with Crippen LogP contribution in [0.15, 0.2) is 42.5 Å². The summed E-state index contributed by atoms with van der Waals surface area (Å²) in [4.78, 5) is 0.764. The maximum atomic E-state index is 14.5. The normalized spacial score (nSPS) is 15.4. The molecule has 116 valence electrons. The highest BCUT2D eigenvalue weighted by Gasteiger charge is 2.30. The molecule has 0 saturated carbocycles. The van der Waals surface area contributed by atoms with Gasteiger partial charge in [0.25, 0.3) is 0 Å². The van der Waals surface area contributed by atoms with E-state index in [1.54, 1.807) is 12.1 Å². The molecule has 2 aromatic carbocycles. The van der Waals surface area contributed by atoms with Gasteiger partial charge in [-0.2, -0.15) is 0 Å². The molecule has 1 aromatic heterocycles. The van der Waals surface area contributed by atoms with Gasteiger partial charge in [0.05, 0.1) is 7.11 Å². The molecule has 3 aromatic rings. The van der Waals surface area contributed by atoms with Crippen LogP contribution in [-0.2, 0) is 0 Å². The largest absolute Gasteiger partial charge is 0.487 e. The monoisotopic (exact) mass is 330 g/mol. The summed E-state index contributed by atoms with van der Waals surface area (Å²) in [5.74, 6) is -1.88. The fourth-order valence-corrected chi connectivity index (χ4v) is 4.06. The summed E-state index contributed by atoms with van der Waals surface area (Å²) in [5.41, 5.74) is 2.48. The molecule has 1 heterocycles. The van der Waals surface area contributed by atoms with Crippen molar-refractivity contribution in [3.63, 3.8) is 0 Å². The molecule has 1 aliphatic rings. The van der Waals surface area contributed by atoms with Crippen LogP contribution in [0.5, 0.6) is 5.06 Å². The van der Waals surface area contributed by atoms with E-state index in [2.05, 4.69) is 0 Å². The lowest BCUT2D eigenvalue weighted by atomic mass is 9.95. The van der Waals surface area contributed by atoms with Gasteiger partial charge in [-0.3, -0.25) is 0 Å². The van der Waals surface area contributed by atoms with Gasteiger partial charge in [-0.15, -0.1) is 0 Å². The Balaban J connectivity index is 2.16. The van der Waals surface area contributed by atoms with Crippen LogP contribution in [0.3, 0.4) is 0 Å². The Labute approximate surface area is 135 Å². The molecule has 0 saturated heterocycles. The number of ether oxygens (including phenoxy) is 1. The van der Waals surface area contributed by atoms with Crippen LogP contribution in [-0.4, -0.2) is 12.2 Å². The molecule has 2 nitrogen and oxygen atoms in total. The molecule has 1 atom stereocenters. The second-order valence-corrected chi connectivity index (χ2v) is 6.34. The van der Waals surface area contributed by atoms with E-state index in [9.17, 15) is 13.9 Å². The molecule has 4 rings (SSSR count). The van der Waals surface area contributed by atoms with Crippen LogP contribution in [0.4, 0.5) is 8.78 Å². The smallest absolute Gasteiger partial charge is 0.174 e. The predicted octanol–water partition coefficient (Wildman–Crippen LogP) is 4.76. The number of halogens is 2. The Bertz CT molecular complexity index is 917. The maximum Gasteiger partial charge on any atom is 0.174 e. The van der Waals surface area contributed by atoms with Gasteiger partial charge in [-0.05, 0) is 22.8 Å². The van der Waals surface area contributed by atoms with E-state index in [0.717, 1.165) is 16.5 Å². The maximum absolute atomic E-state index is 14.5. The molecule has 0 aliphatic heterocycles. The number of fused-ring (bicyclic) bond motifs is 5. The fraction of sp³-hybridized carbons (Fsp3) is 0.111. The van der Waals surface area contributed by atoms with Crippen molar-refractivity contribution >= 4 is 11.3 Å². The number of hydrogen-bond donors (Lipinski definition) is 1. The van der Waals surface area contributed by atoms with Gasteiger partial charge in [-0.25, -0.2) is 8.78 Å². The Kier molecular flexibility index (Phi) is 3.21. The molecule has 0 radical (unpaired) electrons. The van der Waals surface area contributed by atoms with E-state index in [-0.39, 0.29) is 5.56 Å². The molecular formula is C18H12F2O2S. The third-order valence-electron chi connectivity index (χ3n) is 4.10. The summed E-state index contributed by atoms with van der Waals surface area (Å²) in [5, 5.41) is 11.3. The first-order valence-corrected chi connectivity index (χ1v) is 7.87. The first-order valence-electron chi connectivity index (χ1n) is 7.05. The minimum Gasteiger partial charge on any atom is -0.487 e. The number of aliphatic hydroxyl groups excluding tert-OH is 1. The first kappa shape index (κ1) is 14.4. The zero-order valence-corrected chi connectivity index (χ0v) is 13.0. The highest BCUT2D eigenvalue weighted by molar-refractivity contribution is 7.18. The van der Waals surface area contributed by atoms with Crippen molar-refractivity contribution in [3.8, 4) is 26.6 Å². The lowest BCUT2D eigenvalue weighted by Crippen LogP contribution is -2.03. The van der Waals surface area contributed by atoms with Gasteiger partial charge in [-0.1, -0.05) is 41.7 Å². The standard InChI is InChI=1S/C18H12F2O2S/c1-22-14-8-12-15-11(6-7-13(19)16(15)20)17(21)9-4-2-3-5-10(9)18(12)23-14/h2-8,17,21H,1H3.